The van der Waals surface area contributed by atoms with Crippen LogP contribution >= 0.6 is 11.5 Å². The van der Waals surface area contributed by atoms with E-state index in [-0.39, 0.29) is 23.9 Å². The van der Waals surface area contributed by atoms with E-state index in [0.29, 0.717) is 35.3 Å². The Morgan fingerprint density at radius 3 is 2.73 bits per heavy atom. The van der Waals surface area contributed by atoms with Gasteiger partial charge in [0.15, 0.2) is 16.7 Å². The Balaban J connectivity index is 1.33. The largest absolute Gasteiger partial charge is 0.329 e. The number of aromatic nitrogens is 5. The van der Waals surface area contributed by atoms with Crippen molar-refractivity contribution in [1.82, 2.24) is 29.0 Å². The van der Waals surface area contributed by atoms with Gasteiger partial charge in [0.25, 0.3) is 11.8 Å². The molecule has 0 N–H and O–H groups in total. The van der Waals surface area contributed by atoms with Gasteiger partial charge in [0.05, 0.1) is 19.6 Å². The lowest BCUT2D eigenvalue weighted by atomic mass is 9.93. The Labute approximate surface area is 173 Å². The maximum absolute atomic E-state index is 13.4. The average Bonchev–Trinajstić information content (AvgIpc) is 3.33. The second kappa shape index (κ2) is 6.79. The van der Waals surface area contributed by atoms with Gasteiger partial charge in [0.1, 0.15) is 13.7 Å². The summed E-state index contributed by atoms with van der Waals surface area (Å²) >= 11 is 1.06. The van der Waals surface area contributed by atoms with Gasteiger partial charge in [-0.2, -0.15) is 9.36 Å². The van der Waals surface area contributed by atoms with E-state index in [1.54, 1.807) is 4.90 Å². The SMILES string of the molecule is [B]c1cc(C(=O)N2CCn3c(nnc3-c3nc(N4CC(F)(F)C4)ns3)C2)ccc1F. The number of fused-ring (bicyclic) bond motifs is 1. The highest BCUT2D eigenvalue weighted by Gasteiger charge is 2.45. The number of carbonyl (C=O) groups excluding carboxylic acids is 1. The second-order valence-electron chi connectivity index (χ2n) is 7.17. The predicted octanol–water partition coefficient (Wildman–Crippen LogP) is 0.841. The number of halogens is 3. The van der Waals surface area contributed by atoms with E-state index in [1.807, 2.05) is 4.57 Å². The molecule has 1 fully saturated rings. The summed E-state index contributed by atoms with van der Waals surface area (Å²) < 4.78 is 45.5. The quantitative estimate of drug-likeness (QED) is 0.572. The molecule has 1 aromatic carbocycles. The normalized spacial score (nSPS) is 17.6. The zero-order chi connectivity index (χ0) is 21.0. The van der Waals surface area contributed by atoms with Crippen molar-refractivity contribution in [3.05, 3.63) is 35.4 Å². The molecular formula is C17H13BF3N7OS. The first kappa shape index (κ1) is 19.0. The molecule has 0 unspecified atom stereocenters. The van der Waals surface area contributed by atoms with Crippen LogP contribution in [-0.2, 0) is 13.1 Å². The Hall–Kier alpha value is -2.96. The second-order valence-corrected chi connectivity index (χ2v) is 7.92. The molecule has 1 saturated heterocycles. The van der Waals surface area contributed by atoms with E-state index in [9.17, 15) is 18.0 Å². The lowest BCUT2D eigenvalue weighted by molar-refractivity contribution is -0.0270. The van der Waals surface area contributed by atoms with Crippen LogP contribution in [0.4, 0.5) is 19.1 Å². The molecule has 152 valence electrons. The van der Waals surface area contributed by atoms with Crippen molar-refractivity contribution in [2.45, 2.75) is 19.0 Å². The van der Waals surface area contributed by atoms with E-state index < -0.39 is 24.8 Å². The van der Waals surface area contributed by atoms with Gasteiger partial charge in [0.2, 0.25) is 5.95 Å². The number of anilines is 1. The van der Waals surface area contributed by atoms with E-state index in [4.69, 9.17) is 7.85 Å². The van der Waals surface area contributed by atoms with E-state index in [2.05, 4.69) is 19.6 Å². The van der Waals surface area contributed by atoms with Crippen LogP contribution < -0.4 is 10.4 Å². The molecule has 2 aromatic heterocycles. The van der Waals surface area contributed by atoms with Crippen LogP contribution in [0.25, 0.3) is 10.8 Å². The molecule has 30 heavy (non-hydrogen) atoms. The van der Waals surface area contributed by atoms with Crippen LogP contribution in [0.15, 0.2) is 18.2 Å². The van der Waals surface area contributed by atoms with E-state index >= 15 is 0 Å². The number of rotatable bonds is 3. The summed E-state index contributed by atoms with van der Waals surface area (Å²) in [6.45, 7) is 0.236. The first-order valence-electron chi connectivity index (χ1n) is 9.04. The van der Waals surface area contributed by atoms with E-state index in [1.165, 1.54) is 17.0 Å². The van der Waals surface area contributed by atoms with Gasteiger partial charge in [-0.05, 0) is 23.7 Å². The topological polar surface area (TPSA) is 80.0 Å². The molecule has 0 spiro atoms. The summed E-state index contributed by atoms with van der Waals surface area (Å²) in [6, 6.07) is 3.86. The average molecular weight is 431 g/mol. The Bertz CT molecular complexity index is 1140. The van der Waals surface area contributed by atoms with Crippen molar-refractivity contribution in [2.24, 2.45) is 0 Å². The summed E-state index contributed by atoms with van der Waals surface area (Å²) in [4.78, 5) is 20.0. The minimum Gasteiger partial charge on any atom is -0.329 e. The molecule has 0 bridgehead atoms. The molecule has 2 aliphatic heterocycles. The lowest BCUT2D eigenvalue weighted by Crippen LogP contribution is -2.56. The van der Waals surface area contributed by atoms with Gasteiger partial charge in [-0.25, -0.2) is 13.2 Å². The standard InChI is InChI=1S/C17H13BF3N7OS/c18-10-5-9(1-2-11(10)19)15(29)26-3-4-28-12(6-26)23-24-13(28)14-22-16(25-30-14)27-7-17(20,21)8-27/h1-2,5H,3-4,6-8H2. The summed E-state index contributed by atoms with van der Waals surface area (Å²) in [7, 11) is 5.56. The molecule has 0 saturated carbocycles. The van der Waals surface area contributed by atoms with Crippen molar-refractivity contribution in [3.63, 3.8) is 0 Å². The molecule has 3 aromatic rings. The van der Waals surface area contributed by atoms with Gasteiger partial charge in [-0.1, -0.05) is 11.5 Å². The van der Waals surface area contributed by atoms with Gasteiger partial charge in [0, 0.05) is 18.7 Å². The van der Waals surface area contributed by atoms with Gasteiger partial charge >= 0.3 is 0 Å². The Kier molecular flexibility index (Phi) is 4.31. The number of carbonyl (C=O) groups is 1. The Morgan fingerprint density at radius 1 is 1.20 bits per heavy atom. The lowest BCUT2D eigenvalue weighted by Gasteiger charge is -2.37. The third-order valence-corrected chi connectivity index (χ3v) is 5.72. The summed E-state index contributed by atoms with van der Waals surface area (Å²) in [5, 5.41) is 8.77. The predicted molar refractivity (Wildman–Crippen MR) is 103 cm³/mol. The zero-order valence-electron chi connectivity index (χ0n) is 15.4. The van der Waals surface area contributed by atoms with Crippen LogP contribution in [0.5, 0.6) is 0 Å². The number of nitrogens with zero attached hydrogens (tertiary/aromatic N) is 7. The smallest absolute Gasteiger partial charge is 0.282 e. The van der Waals surface area contributed by atoms with Gasteiger partial charge in [-0.3, -0.25) is 4.79 Å². The highest BCUT2D eigenvalue weighted by Crippen LogP contribution is 2.32. The molecule has 0 aliphatic carbocycles. The minimum atomic E-state index is -2.70. The molecule has 2 radical (unpaired) electrons. The summed E-state index contributed by atoms with van der Waals surface area (Å²) in [5.74, 6) is -2.27. The number of hydrogen-bond acceptors (Lipinski definition) is 7. The first-order valence-corrected chi connectivity index (χ1v) is 9.81. The molecule has 8 nitrogen and oxygen atoms in total. The van der Waals surface area contributed by atoms with E-state index in [0.717, 1.165) is 17.6 Å². The fourth-order valence-electron chi connectivity index (χ4n) is 3.44. The Morgan fingerprint density at radius 2 is 2.00 bits per heavy atom. The van der Waals surface area contributed by atoms with Gasteiger partial charge in [-0.15, -0.1) is 10.2 Å². The number of alkyl halides is 2. The molecule has 5 rings (SSSR count). The molecule has 13 heteroatoms. The minimum absolute atomic E-state index is 0.0876. The van der Waals surface area contributed by atoms with Crippen LogP contribution in [-0.4, -0.2) is 68.3 Å². The first-order chi connectivity index (χ1) is 14.3. The monoisotopic (exact) mass is 431 g/mol. The van der Waals surface area contributed by atoms with Crippen LogP contribution in [0.2, 0.25) is 0 Å². The van der Waals surface area contributed by atoms with Crippen molar-refractivity contribution in [3.8, 4) is 10.8 Å². The molecule has 2 aliphatic rings. The molecule has 0 atom stereocenters. The van der Waals surface area contributed by atoms with Crippen LogP contribution in [0, 0.1) is 5.82 Å². The van der Waals surface area contributed by atoms with Crippen LogP contribution in [0.1, 0.15) is 16.2 Å². The highest BCUT2D eigenvalue weighted by molar-refractivity contribution is 7.09. The fraction of sp³-hybridized carbons (Fsp3) is 0.353. The molecular weight excluding hydrogens is 418 g/mol. The number of hydrogen-bond donors (Lipinski definition) is 0. The molecule has 4 heterocycles. The number of benzene rings is 1. The van der Waals surface area contributed by atoms with Crippen molar-refractivity contribution in [2.75, 3.05) is 24.5 Å². The number of amides is 1. The van der Waals surface area contributed by atoms with Crippen molar-refractivity contribution in [1.29, 1.82) is 0 Å². The molecule has 1 amide bonds. The van der Waals surface area contributed by atoms with Crippen molar-refractivity contribution >= 4 is 36.7 Å². The van der Waals surface area contributed by atoms with Crippen molar-refractivity contribution < 1.29 is 18.0 Å². The summed E-state index contributed by atoms with van der Waals surface area (Å²) in [5.41, 5.74) is 0.206. The maximum Gasteiger partial charge on any atom is 0.282 e. The maximum atomic E-state index is 13.4. The fourth-order valence-corrected chi connectivity index (χ4v) is 4.12. The van der Waals surface area contributed by atoms with Gasteiger partial charge < -0.3 is 14.4 Å². The third kappa shape index (κ3) is 3.22. The highest BCUT2D eigenvalue weighted by atomic mass is 32.1. The van der Waals surface area contributed by atoms with Crippen LogP contribution in [0.3, 0.4) is 0 Å². The zero-order valence-corrected chi connectivity index (χ0v) is 16.2. The third-order valence-electron chi connectivity index (χ3n) is 5.02. The summed E-state index contributed by atoms with van der Waals surface area (Å²) in [6.07, 6.45) is 0.